The maximum Gasteiger partial charge on any atom is 0.230 e. The molecule has 0 aromatic rings. The van der Waals surface area contributed by atoms with Crippen LogP contribution in [0.1, 0.15) is 12.8 Å². The Morgan fingerprint density at radius 3 is 2.20 bits per heavy atom. The Bertz CT molecular complexity index is 509. The van der Waals surface area contributed by atoms with Crippen molar-refractivity contribution in [3.63, 3.8) is 0 Å². The van der Waals surface area contributed by atoms with E-state index in [-0.39, 0.29) is 42.0 Å². The molecule has 2 heterocycles. The van der Waals surface area contributed by atoms with E-state index in [0.29, 0.717) is 19.0 Å². The summed E-state index contributed by atoms with van der Waals surface area (Å²) in [6.07, 6.45) is 1.68. The zero-order valence-electron chi connectivity index (χ0n) is 15.4. The third-order valence-corrected chi connectivity index (χ3v) is 7.98. The van der Waals surface area contributed by atoms with Crippen molar-refractivity contribution in [2.75, 3.05) is 24.7 Å². The Morgan fingerprint density at radius 1 is 1.04 bits per heavy atom. The van der Waals surface area contributed by atoms with Crippen molar-refractivity contribution in [2.45, 2.75) is 62.8 Å². The quantitative estimate of drug-likeness (QED) is 0.485. The minimum Gasteiger partial charge on any atom is -0.371 e. The number of fused-ring (bicyclic) bond motifs is 1. The third-order valence-electron chi connectivity index (χ3n) is 4.91. The summed E-state index contributed by atoms with van der Waals surface area (Å²) in [5, 5.41) is 6.09. The highest BCUT2D eigenvalue weighted by molar-refractivity contribution is 8.00. The third kappa shape index (κ3) is 5.45. The van der Waals surface area contributed by atoms with Gasteiger partial charge < -0.3 is 20.1 Å². The van der Waals surface area contributed by atoms with Gasteiger partial charge in [-0.15, -0.1) is 0 Å². The van der Waals surface area contributed by atoms with Gasteiger partial charge in [0.05, 0.1) is 31.1 Å². The van der Waals surface area contributed by atoms with Crippen LogP contribution in [0.25, 0.3) is 0 Å². The molecule has 25 heavy (non-hydrogen) atoms. The van der Waals surface area contributed by atoms with Gasteiger partial charge >= 0.3 is 0 Å². The molecule has 6 nitrogen and oxygen atoms in total. The lowest BCUT2D eigenvalue weighted by Gasteiger charge is -2.18. The van der Waals surface area contributed by atoms with Crippen LogP contribution in [0.15, 0.2) is 0 Å². The largest absolute Gasteiger partial charge is 0.371 e. The van der Waals surface area contributed by atoms with Crippen LogP contribution in [-0.4, -0.2) is 68.9 Å². The Hall–Kier alpha value is -0.573. The van der Waals surface area contributed by atoms with Gasteiger partial charge in [0, 0.05) is 14.0 Å². The van der Waals surface area contributed by atoms with E-state index in [1.165, 1.54) is 6.04 Å². The van der Waals surface area contributed by atoms with E-state index in [4.69, 9.17) is 9.47 Å². The van der Waals surface area contributed by atoms with Crippen LogP contribution in [0.4, 0.5) is 0 Å². The second-order valence-corrected chi connectivity index (χ2v) is 15.2. The van der Waals surface area contributed by atoms with Gasteiger partial charge in [0.2, 0.25) is 11.8 Å². The number of nitrogens with one attached hydrogen (secondary N) is 2. The number of carbonyl (C=O) groups is 2. The van der Waals surface area contributed by atoms with Gasteiger partial charge in [0.1, 0.15) is 12.2 Å². The lowest BCUT2D eigenvalue weighted by Crippen LogP contribution is -2.47. The van der Waals surface area contributed by atoms with Gasteiger partial charge in [-0.2, -0.15) is 11.8 Å². The summed E-state index contributed by atoms with van der Waals surface area (Å²) in [6.45, 7) is 7.96. The molecule has 3 aliphatic rings. The van der Waals surface area contributed by atoms with Crippen molar-refractivity contribution < 1.29 is 19.1 Å². The molecule has 2 aliphatic heterocycles. The number of thioether (sulfide) groups is 1. The van der Waals surface area contributed by atoms with Gasteiger partial charge in [0.25, 0.3) is 0 Å². The number of carbonyl (C=O) groups excluding carboxylic acids is 2. The fourth-order valence-corrected chi connectivity index (χ4v) is 6.62. The minimum atomic E-state index is -1.03. The van der Waals surface area contributed by atoms with Gasteiger partial charge in [0.15, 0.2) is 0 Å². The molecule has 3 rings (SSSR count). The summed E-state index contributed by atoms with van der Waals surface area (Å²) in [4.78, 5) is 24.1. The summed E-state index contributed by atoms with van der Waals surface area (Å²) in [7, 11) is -1.03. The van der Waals surface area contributed by atoms with Crippen molar-refractivity contribution in [1.82, 2.24) is 10.6 Å². The molecule has 2 saturated heterocycles. The van der Waals surface area contributed by atoms with Crippen LogP contribution >= 0.6 is 11.8 Å². The molecule has 0 bridgehead atoms. The topological polar surface area (TPSA) is 76.7 Å². The molecule has 2 N–H and O–H groups in total. The molecule has 0 radical (unpaired) electrons. The Balaban J connectivity index is 1.38. The lowest BCUT2D eigenvalue weighted by atomic mass is 10.1. The van der Waals surface area contributed by atoms with Crippen LogP contribution in [0.5, 0.6) is 0 Å². The van der Waals surface area contributed by atoms with E-state index in [1.807, 2.05) is 0 Å². The van der Waals surface area contributed by atoms with Gasteiger partial charge in [-0.3, -0.25) is 9.59 Å². The molecule has 0 aromatic heterocycles. The first-order valence-electron chi connectivity index (χ1n) is 9.24. The maximum atomic E-state index is 12.2. The summed E-state index contributed by atoms with van der Waals surface area (Å²) < 4.78 is 11.6. The molecule has 1 aliphatic carbocycles. The van der Waals surface area contributed by atoms with Gasteiger partial charge in [-0.05, 0) is 24.6 Å². The first-order chi connectivity index (χ1) is 11.8. The van der Waals surface area contributed by atoms with E-state index in [0.717, 1.165) is 18.6 Å². The van der Waals surface area contributed by atoms with Crippen molar-refractivity contribution in [2.24, 2.45) is 5.92 Å². The van der Waals surface area contributed by atoms with E-state index in [1.54, 1.807) is 11.8 Å². The fourth-order valence-electron chi connectivity index (χ4n) is 3.18. The Kier molecular flexibility index (Phi) is 6.13. The highest BCUT2D eigenvalue weighted by Gasteiger charge is 2.49. The smallest absolute Gasteiger partial charge is 0.230 e. The van der Waals surface area contributed by atoms with E-state index < -0.39 is 8.07 Å². The van der Waals surface area contributed by atoms with Crippen LogP contribution in [0.3, 0.4) is 0 Å². The molecular weight excluding hydrogens is 356 g/mol. The van der Waals surface area contributed by atoms with Crippen LogP contribution < -0.4 is 10.6 Å². The second kappa shape index (κ2) is 7.98. The molecule has 1 saturated carbocycles. The summed E-state index contributed by atoms with van der Waals surface area (Å²) in [5.41, 5.74) is 0. The number of rotatable bonds is 8. The van der Waals surface area contributed by atoms with Crippen molar-refractivity contribution in [1.29, 1.82) is 0 Å². The first kappa shape index (κ1) is 19.2. The average Bonchev–Trinajstić information content (AvgIpc) is 3.20. The SMILES string of the molecule is C[Si](C)(C)CCSCC(=O)NC1COC2C(NC(=O)C3CC3)COC12. The Labute approximate surface area is 155 Å². The molecular formula is C17H30N2O4SSi. The molecule has 4 atom stereocenters. The maximum absolute atomic E-state index is 12.2. The first-order valence-corrected chi connectivity index (χ1v) is 14.1. The molecule has 0 aromatic carbocycles. The summed E-state index contributed by atoms with van der Waals surface area (Å²) >= 11 is 1.70. The van der Waals surface area contributed by atoms with E-state index >= 15 is 0 Å². The Morgan fingerprint density at radius 2 is 1.64 bits per heavy atom. The predicted octanol–water partition coefficient (Wildman–Crippen LogP) is 1.24. The normalized spacial score (nSPS) is 31.6. The van der Waals surface area contributed by atoms with Crippen molar-refractivity contribution in [3.05, 3.63) is 0 Å². The zero-order chi connectivity index (χ0) is 18.0. The number of hydrogen-bond donors (Lipinski definition) is 2. The number of ether oxygens (including phenoxy) is 2. The molecule has 4 unspecified atom stereocenters. The highest BCUT2D eigenvalue weighted by Crippen LogP contribution is 2.31. The molecule has 8 heteroatoms. The van der Waals surface area contributed by atoms with Crippen LogP contribution in [-0.2, 0) is 19.1 Å². The summed E-state index contributed by atoms with van der Waals surface area (Å²) in [5.74, 6) is 1.87. The monoisotopic (exact) mass is 386 g/mol. The highest BCUT2D eigenvalue weighted by atomic mass is 32.2. The molecule has 142 valence electrons. The molecule has 2 amide bonds. The van der Waals surface area contributed by atoms with Gasteiger partial charge in [-0.25, -0.2) is 0 Å². The molecule has 3 fully saturated rings. The van der Waals surface area contributed by atoms with Crippen molar-refractivity contribution in [3.8, 4) is 0 Å². The van der Waals surface area contributed by atoms with Crippen molar-refractivity contribution >= 4 is 31.7 Å². The van der Waals surface area contributed by atoms with Gasteiger partial charge in [-0.1, -0.05) is 19.6 Å². The zero-order valence-corrected chi connectivity index (χ0v) is 17.2. The summed E-state index contributed by atoms with van der Waals surface area (Å²) in [6, 6.07) is 1.03. The number of hydrogen-bond acceptors (Lipinski definition) is 5. The standard InChI is InChI=1S/C17H30N2O4SSi/c1-25(2,3)7-6-24-10-14(20)18-12-8-22-16-13(9-23-15(12)16)19-17(21)11-4-5-11/h11-13,15-16H,4-10H2,1-3H3,(H,18,20)(H,19,21). The van der Waals surface area contributed by atoms with E-state index in [2.05, 4.69) is 30.3 Å². The van der Waals surface area contributed by atoms with Crippen LogP contribution in [0, 0.1) is 5.92 Å². The second-order valence-electron chi connectivity index (χ2n) is 8.52. The lowest BCUT2D eigenvalue weighted by molar-refractivity contribution is -0.123. The minimum absolute atomic E-state index is 0.0453. The molecule has 0 spiro atoms. The van der Waals surface area contributed by atoms with Crippen LogP contribution in [0.2, 0.25) is 25.7 Å². The fraction of sp³-hybridized carbons (Fsp3) is 0.882. The predicted molar refractivity (Wildman–Crippen MR) is 102 cm³/mol. The number of amides is 2. The average molecular weight is 387 g/mol. The van der Waals surface area contributed by atoms with E-state index in [9.17, 15) is 9.59 Å².